The topological polar surface area (TPSA) is 174 Å². The number of aliphatic carboxylic acids is 1. The summed E-state index contributed by atoms with van der Waals surface area (Å²) in [6, 6.07) is 15.6. The highest BCUT2D eigenvalue weighted by molar-refractivity contribution is 6.05. The molecule has 14 heteroatoms. The molecular formula is C25H23F3N4O7. The molecule has 0 aliphatic heterocycles. The maximum atomic E-state index is 12.7. The molecule has 39 heavy (non-hydrogen) atoms. The number of nitrogens with zero attached hydrogens (tertiary/aromatic N) is 1. The van der Waals surface area contributed by atoms with Crippen LogP contribution >= 0.6 is 0 Å². The van der Waals surface area contributed by atoms with Gasteiger partial charge in [0.25, 0.3) is 5.91 Å². The molecule has 0 saturated heterocycles. The van der Waals surface area contributed by atoms with E-state index in [0.717, 1.165) is 13.0 Å². The van der Waals surface area contributed by atoms with E-state index in [1.54, 1.807) is 37.4 Å². The van der Waals surface area contributed by atoms with E-state index in [-0.39, 0.29) is 11.4 Å². The molecule has 2 aromatic heterocycles. The SMILES string of the molecule is COc1cccc(OCCC[NH3+])c1-c1cc(NC(=O)c2cc3ccccc3oc2=O)n[nH]1.O=C([O-])C(F)(F)F. The number of carbonyl (C=O) groups excluding carboxylic acids is 2. The fourth-order valence-electron chi connectivity index (χ4n) is 3.27. The molecule has 0 fully saturated rings. The van der Waals surface area contributed by atoms with E-state index >= 15 is 0 Å². The van der Waals surface area contributed by atoms with Gasteiger partial charge < -0.3 is 34.8 Å². The molecule has 1 amide bonds. The van der Waals surface area contributed by atoms with Gasteiger partial charge in [0, 0.05) is 17.9 Å². The first-order valence-electron chi connectivity index (χ1n) is 11.3. The van der Waals surface area contributed by atoms with Crippen LogP contribution in [0.5, 0.6) is 11.5 Å². The number of methoxy groups -OCH3 is 1. The number of quaternary nitrogens is 1. The van der Waals surface area contributed by atoms with Crippen molar-refractivity contribution >= 4 is 28.7 Å². The number of carboxylic acid groups (broad SMARTS) is 1. The fraction of sp³-hybridized carbons (Fsp3) is 0.200. The van der Waals surface area contributed by atoms with Gasteiger partial charge in [-0.1, -0.05) is 24.3 Å². The van der Waals surface area contributed by atoms with Crippen molar-refractivity contribution < 1.29 is 47.5 Å². The van der Waals surface area contributed by atoms with Crippen LogP contribution in [0, 0.1) is 0 Å². The molecule has 2 heterocycles. The summed E-state index contributed by atoms with van der Waals surface area (Å²) in [7, 11) is 1.57. The summed E-state index contributed by atoms with van der Waals surface area (Å²) >= 11 is 0. The van der Waals surface area contributed by atoms with Gasteiger partial charge in [-0.15, -0.1) is 0 Å². The van der Waals surface area contributed by atoms with Gasteiger partial charge in [0.15, 0.2) is 5.82 Å². The van der Waals surface area contributed by atoms with Crippen LogP contribution in [0.4, 0.5) is 19.0 Å². The summed E-state index contributed by atoms with van der Waals surface area (Å²) in [5, 5.41) is 19.1. The number of amides is 1. The van der Waals surface area contributed by atoms with Gasteiger partial charge in [-0.05, 0) is 24.3 Å². The molecule has 0 radical (unpaired) electrons. The van der Waals surface area contributed by atoms with Crippen LogP contribution < -0.4 is 31.3 Å². The number of aromatic amines is 1. The quantitative estimate of drug-likeness (QED) is 0.221. The van der Waals surface area contributed by atoms with Crippen molar-refractivity contribution in [3.8, 4) is 22.8 Å². The van der Waals surface area contributed by atoms with Gasteiger partial charge in [0.05, 0.1) is 31.5 Å². The Morgan fingerprint density at radius 2 is 1.82 bits per heavy atom. The predicted molar refractivity (Wildman–Crippen MR) is 130 cm³/mol. The summed E-state index contributed by atoms with van der Waals surface area (Å²) in [4.78, 5) is 33.7. The second kappa shape index (κ2) is 12.6. The number of hydrogen-bond acceptors (Lipinski definition) is 8. The minimum Gasteiger partial charge on any atom is -0.542 e. The van der Waals surface area contributed by atoms with Gasteiger partial charge in [-0.2, -0.15) is 18.3 Å². The number of anilines is 1. The van der Waals surface area contributed by atoms with E-state index in [1.165, 1.54) is 6.07 Å². The molecule has 0 bridgehead atoms. The molecule has 0 unspecified atom stereocenters. The van der Waals surface area contributed by atoms with Gasteiger partial charge >= 0.3 is 11.8 Å². The van der Waals surface area contributed by atoms with E-state index in [1.807, 2.05) is 18.2 Å². The minimum absolute atomic E-state index is 0.109. The number of rotatable bonds is 8. The van der Waals surface area contributed by atoms with Crippen molar-refractivity contribution in [1.82, 2.24) is 10.2 Å². The molecule has 0 aliphatic carbocycles. The summed E-state index contributed by atoms with van der Waals surface area (Å²) in [6.45, 7) is 1.28. The average molecular weight is 548 g/mol. The van der Waals surface area contributed by atoms with Crippen LogP contribution in [0.1, 0.15) is 16.8 Å². The van der Waals surface area contributed by atoms with E-state index in [0.29, 0.717) is 40.3 Å². The normalized spacial score (nSPS) is 10.9. The average Bonchev–Trinajstić information content (AvgIpc) is 3.35. The number of aromatic nitrogens is 2. The third-order valence-electron chi connectivity index (χ3n) is 5.07. The Bertz CT molecular complexity index is 1520. The lowest BCUT2D eigenvalue weighted by Gasteiger charge is -2.13. The molecule has 206 valence electrons. The lowest BCUT2D eigenvalue weighted by Crippen LogP contribution is -2.50. The number of carbonyl (C=O) groups is 2. The van der Waals surface area contributed by atoms with Crippen LogP contribution in [-0.4, -0.2) is 48.5 Å². The first-order chi connectivity index (χ1) is 18.5. The highest BCUT2D eigenvalue weighted by atomic mass is 19.4. The molecule has 11 nitrogen and oxygen atoms in total. The second-order valence-corrected chi connectivity index (χ2v) is 7.78. The number of H-pyrrole nitrogens is 1. The van der Waals surface area contributed by atoms with Crippen molar-refractivity contribution in [2.45, 2.75) is 12.6 Å². The number of ether oxygens (including phenoxy) is 2. The van der Waals surface area contributed by atoms with Crippen LogP contribution in [0.25, 0.3) is 22.2 Å². The zero-order valence-corrected chi connectivity index (χ0v) is 20.5. The van der Waals surface area contributed by atoms with E-state index in [9.17, 15) is 22.8 Å². The number of alkyl halides is 3. The molecule has 0 aliphatic rings. The van der Waals surface area contributed by atoms with Crippen molar-refractivity contribution in [2.24, 2.45) is 0 Å². The summed E-state index contributed by atoms with van der Waals surface area (Å²) < 4.78 is 48.1. The zero-order valence-electron chi connectivity index (χ0n) is 20.5. The third kappa shape index (κ3) is 7.35. The number of halogens is 3. The summed E-state index contributed by atoms with van der Waals surface area (Å²) in [5.41, 5.74) is 4.68. The first kappa shape index (κ1) is 28.7. The molecule has 0 spiro atoms. The second-order valence-electron chi connectivity index (χ2n) is 7.78. The van der Waals surface area contributed by atoms with Crippen molar-refractivity contribution in [1.29, 1.82) is 0 Å². The maximum absolute atomic E-state index is 12.7. The van der Waals surface area contributed by atoms with Crippen LogP contribution in [0.15, 0.2) is 63.8 Å². The monoisotopic (exact) mass is 548 g/mol. The first-order valence-corrected chi connectivity index (χ1v) is 11.3. The Hall–Kier alpha value is -4.85. The van der Waals surface area contributed by atoms with Crippen LogP contribution in [0.2, 0.25) is 0 Å². The van der Waals surface area contributed by atoms with E-state index in [2.05, 4.69) is 21.2 Å². The fourth-order valence-corrected chi connectivity index (χ4v) is 3.27. The van der Waals surface area contributed by atoms with E-state index in [4.69, 9.17) is 23.8 Å². The van der Waals surface area contributed by atoms with Crippen LogP contribution in [0.3, 0.4) is 0 Å². The Morgan fingerprint density at radius 1 is 1.13 bits per heavy atom. The van der Waals surface area contributed by atoms with Gasteiger partial charge in [0.2, 0.25) is 0 Å². The lowest BCUT2D eigenvalue weighted by atomic mass is 10.1. The number of hydrogen-bond donors (Lipinski definition) is 3. The standard InChI is InChI=1S/C23H22N4O5.C2HF3O2/c1-30-18-8-4-9-19(31-11-5-10-24)21(18)16-13-20(27-26-16)25-22(28)15-12-14-6-2-3-7-17(14)32-23(15)29;3-2(4,5)1(6)7/h2-4,6-9,12-13H,5,10-11,24H2,1H3,(H2,25,26,27,28);(H,6,7). The zero-order chi connectivity index (χ0) is 28.6. The van der Waals surface area contributed by atoms with Gasteiger partial charge in [0.1, 0.15) is 28.6 Å². The molecule has 0 atom stereocenters. The molecular weight excluding hydrogens is 525 g/mol. The third-order valence-corrected chi connectivity index (χ3v) is 5.07. The largest absolute Gasteiger partial charge is 0.542 e. The Kier molecular flexibility index (Phi) is 9.28. The highest BCUT2D eigenvalue weighted by Gasteiger charge is 2.28. The Labute approximate surface area is 218 Å². The minimum atomic E-state index is -5.19. The number of para-hydroxylation sites is 1. The highest BCUT2D eigenvalue weighted by Crippen LogP contribution is 2.38. The number of carboxylic acids is 1. The Balaban J connectivity index is 0.000000532. The maximum Gasteiger partial charge on any atom is 0.430 e. The smallest absolute Gasteiger partial charge is 0.430 e. The molecule has 2 aromatic carbocycles. The van der Waals surface area contributed by atoms with Crippen LogP contribution in [-0.2, 0) is 4.79 Å². The van der Waals surface area contributed by atoms with Gasteiger partial charge in [-0.3, -0.25) is 9.89 Å². The Morgan fingerprint density at radius 3 is 2.49 bits per heavy atom. The number of nitrogens with one attached hydrogen (secondary N) is 2. The number of fused-ring (bicyclic) bond motifs is 1. The van der Waals surface area contributed by atoms with E-state index < -0.39 is 23.7 Å². The predicted octanol–water partition coefficient (Wildman–Crippen LogP) is 1.75. The van der Waals surface area contributed by atoms with Gasteiger partial charge in [-0.25, -0.2) is 4.79 Å². The molecule has 4 rings (SSSR count). The molecule has 4 aromatic rings. The van der Waals surface area contributed by atoms with Crippen molar-refractivity contribution in [3.05, 3.63) is 70.6 Å². The molecule has 0 saturated carbocycles. The van der Waals surface area contributed by atoms with Crippen molar-refractivity contribution in [3.63, 3.8) is 0 Å². The lowest BCUT2D eigenvalue weighted by molar-refractivity contribution is -0.368. The molecule has 5 N–H and O–H groups in total. The van der Waals surface area contributed by atoms with Crippen molar-refractivity contribution in [2.75, 3.05) is 25.6 Å². The number of benzene rings is 2. The summed E-state index contributed by atoms with van der Waals surface area (Å²) in [6.07, 6.45) is -4.38. The summed E-state index contributed by atoms with van der Waals surface area (Å²) in [5.74, 6) is -2.17.